The summed E-state index contributed by atoms with van der Waals surface area (Å²) in [6, 6.07) is 4.34. The number of aromatic nitrogens is 2. The molecular formula is C12H11ClN4O4. The van der Waals surface area contributed by atoms with E-state index in [0.29, 0.717) is 18.8 Å². The van der Waals surface area contributed by atoms with E-state index in [0.717, 1.165) is 0 Å². The van der Waals surface area contributed by atoms with Gasteiger partial charge in [0.15, 0.2) is 5.69 Å². The first-order chi connectivity index (χ1) is 9.97. The molecule has 0 aliphatic heterocycles. The molecule has 1 aromatic carbocycles. The van der Waals surface area contributed by atoms with Crippen LogP contribution in [0.4, 0.5) is 11.4 Å². The third kappa shape index (κ3) is 3.69. The number of nitrogens with one attached hydrogen (secondary N) is 1. The van der Waals surface area contributed by atoms with Gasteiger partial charge in [0.2, 0.25) is 0 Å². The molecule has 0 aliphatic rings. The number of nitrogens with zero attached hydrogens (tertiary/aromatic N) is 3. The minimum absolute atomic E-state index is 0.0486. The van der Waals surface area contributed by atoms with Crippen LogP contribution in [-0.4, -0.2) is 32.1 Å². The zero-order valence-corrected chi connectivity index (χ0v) is 11.4. The van der Waals surface area contributed by atoms with Gasteiger partial charge in [-0.15, -0.1) is 0 Å². The zero-order valence-electron chi connectivity index (χ0n) is 10.7. The summed E-state index contributed by atoms with van der Waals surface area (Å²) in [7, 11) is 0. The average molecular weight is 311 g/mol. The Kier molecular flexibility index (Phi) is 4.39. The molecule has 0 aliphatic carbocycles. The molecule has 1 aromatic heterocycles. The highest BCUT2D eigenvalue weighted by atomic mass is 35.5. The van der Waals surface area contributed by atoms with E-state index < -0.39 is 10.9 Å². The van der Waals surface area contributed by atoms with Crippen LogP contribution in [0.3, 0.4) is 0 Å². The molecule has 0 saturated heterocycles. The van der Waals surface area contributed by atoms with Gasteiger partial charge >= 0.3 is 5.97 Å². The molecule has 0 radical (unpaired) electrons. The Hall–Kier alpha value is -2.61. The molecule has 0 saturated carbocycles. The molecule has 2 rings (SSSR count). The van der Waals surface area contributed by atoms with Crippen LogP contribution >= 0.6 is 11.6 Å². The molecule has 110 valence electrons. The van der Waals surface area contributed by atoms with Gasteiger partial charge in [0.1, 0.15) is 5.69 Å². The number of carboxylic acids is 1. The zero-order chi connectivity index (χ0) is 15.4. The lowest BCUT2D eigenvalue weighted by Crippen LogP contribution is -2.10. The van der Waals surface area contributed by atoms with Crippen molar-refractivity contribution in [2.75, 3.05) is 11.9 Å². The highest BCUT2D eigenvalue weighted by Crippen LogP contribution is 2.27. The van der Waals surface area contributed by atoms with E-state index in [2.05, 4.69) is 10.3 Å². The predicted molar refractivity (Wildman–Crippen MR) is 75.8 cm³/mol. The smallest absolute Gasteiger partial charge is 0.356 e. The number of nitro benzene ring substituents is 1. The quantitative estimate of drug-likeness (QED) is 0.625. The second-order valence-corrected chi connectivity index (χ2v) is 4.58. The minimum atomic E-state index is -1.10. The Bertz CT molecular complexity index is 686. The van der Waals surface area contributed by atoms with Crippen LogP contribution in [0.1, 0.15) is 10.5 Å². The van der Waals surface area contributed by atoms with E-state index in [1.54, 1.807) is 10.6 Å². The largest absolute Gasteiger partial charge is 0.476 e. The number of hydrogen-bond donors (Lipinski definition) is 2. The van der Waals surface area contributed by atoms with E-state index in [4.69, 9.17) is 16.7 Å². The van der Waals surface area contributed by atoms with Crippen molar-refractivity contribution in [2.24, 2.45) is 0 Å². The van der Waals surface area contributed by atoms with Gasteiger partial charge in [-0.2, -0.15) is 0 Å². The summed E-state index contributed by atoms with van der Waals surface area (Å²) in [6.45, 7) is 0.790. The summed E-state index contributed by atoms with van der Waals surface area (Å²) in [5, 5.41) is 22.9. The maximum atomic E-state index is 10.9. The third-order valence-electron chi connectivity index (χ3n) is 2.69. The Balaban J connectivity index is 2.00. The highest BCUT2D eigenvalue weighted by Gasteiger charge is 2.13. The fourth-order valence-electron chi connectivity index (χ4n) is 1.72. The van der Waals surface area contributed by atoms with Gasteiger partial charge in [0.05, 0.1) is 11.3 Å². The molecule has 0 fully saturated rings. The number of aromatic carboxylic acids is 1. The van der Waals surface area contributed by atoms with E-state index in [-0.39, 0.29) is 16.4 Å². The molecule has 21 heavy (non-hydrogen) atoms. The Morgan fingerprint density at radius 1 is 1.52 bits per heavy atom. The van der Waals surface area contributed by atoms with Gasteiger partial charge in [-0.05, 0) is 12.1 Å². The van der Waals surface area contributed by atoms with Crippen LogP contribution in [0.15, 0.2) is 30.7 Å². The molecule has 0 bridgehead atoms. The van der Waals surface area contributed by atoms with Crippen molar-refractivity contribution in [3.63, 3.8) is 0 Å². The van der Waals surface area contributed by atoms with Crippen molar-refractivity contribution >= 4 is 28.9 Å². The summed E-state index contributed by atoms with van der Waals surface area (Å²) in [5.74, 6) is -1.10. The van der Waals surface area contributed by atoms with Gasteiger partial charge in [-0.25, -0.2) is 9.78 Å². The molecule has 1 heterocycles. The average Bonchev–Trinajstić information content (AvgIpc) is 2.89. The number of carboxylic acid groups (broad SMARTS) is 1. The number of anilines is 1. The van der Waals surface area contributed by atoms with Crippen molar-refractivity contribution in [3.05, 3.63) is 51.6 Å². The second kappa shape index (κ2) is 6.23. The predicted octanol–water partition coefficient (Wildman–Crippen LogP) is 2.25. The summed E-state index contributed by atoms with van der Waals surface area (Å²) < 4.78 is 1.58. The molecule has 0 unspecified atom stereocenters. The number of halogens is 1. The topological polar surface area (TPSA) is 110 Å². The molecule has 2 N–H and O–H groups in total. The van der Waals surface area contributed by atoms with Gasteiger partial charge in [0.25, 0.3) is 5.69 Å². The van der Waals surface area contributed by atoms with E-state index in [1.807, 2.05) is 0 Å². The van der Waals surface area contributed by atoms with Crippen LogP contribution < -0.4 is 5.32 Å². The number of benzene rings is 1. The summed E-state index contributed by atoms with van der Waals surface area (Å²) in [4.78, 5) is 24.8. The van der Waals surface area contributed by atoms with E-state index in [1.165, 1.54) is 24.7 Å². The molecule has 2 aromatic rings. The van der Waals surface area contributed by atoms with Crippen LogP contribution in [0.5, 0.6) is 0 Å². The third-order valence-corrected chi connectivity index (χ3v) is 2.93. The molecule has 0 atom stereocenters. The van der Waals surface area contributed by atoms with E-state index >= 15 is 0 Å². The molecule has 9 heteroatoms. The summed E-state index contributed by atoms with van der Waals surface area (Å²) >= 11 is 5.72. The Morgan fingerprint density at radius 2 is 2.29 bits per heavy atom. The Morgan fingerprint density at radius 3 is 2.90 bits per heavy atom. The van der Waals surface area contributed by atoms with Crippen molar-refractivity contribution in [3.8, 4) is 0 Å². The van der Waals surface area contributed by atoms with Crippen LogP contribution in [0.2, 0.25) is 5.02 Å². The van der Waals surface area contributed by atoms with Crippen LogP contribution in [0, 0.1) is 10.1 Å². The molecule has 0 amide bonds. The van der Waals surface area contributed by atoms with Crippen LogP contribution in [0.25, 0.3) is 0 Å². The Labute approximate surface area is 124 Å². The van der Waals surface area contributed by atoms with Crippen LogP contribution in [-0.2, 0) is 6.54 Å². The summed E-state index contributed by atoms with van der Waals surface area (Å²) in [6.07, 6.45) is 2.78. The van der Waals surface area contributed by atoms with Crippen molar-refractivity contribution < 1.29 is 14.8 Å². The summed E-state index contributed by atoms with van der Waals surface area (Å²) in [5.41, 5.74) is 0.190. The lowest BCUT2D eigenvalue weighted by atomic mass is 10.2. The molecule has 8 nitrogen and oxygen atoms in total. The van der Waals surface area contributed by atoms with Crippen molar-refractivity contribution in [1.82, 2.24) is 9.55 Å². The molecule has 0 spiro atoms. The maximum absolute atomic E-state index is 10.9. The maximum Gasteiger partial charge on any atom is 0.356 e. The van der Waals surface area contributed by atoms with Gasteiger partial charge in [-0.3, -0.25) is 10.1 Å². The first-order valence-electron chi connectivity index (χ1n) is 5.90. The number of rotatable bonds is 6. The molecular weight excluding hydrogens is 300 g/mol. The van der Waals surface area contributed by atoms with Crippen molar-refractivity contribution in [2.45, 2.75) is 6.54 Å². The second-order valence-electron chi connectivity index (χ2n) is 4.15. The van der Waals surface area contributed by atoms with Gasteiger partial charge in [-0.1, -0.05) is 11.6 Å². The SMILES string of the molecule is O=C(O)c1cn(CCNc2ccc(Cl)cc2[N+](=O)[O-])cn1. The normalized spacial score (nSPS) is 10.3. The number of hydrogen-bond acceptors (Lipinski definition) is 5. The number of nitro groups is 1. The van der Waals surface area contributed by atoms with Crippen molar-refractivity contribution in [1.29, 1.82) is 0 Å². The minimum Gasteiger partial charge on any atom is -0.476 e. The number of imidazole rings is 1. The number of carbonyl (C=O) groups is 1. The first kappa shape index (κ1) is 14.8. The van der Waals surface area contributed by atoms with Gasteiger partial charge < -0.3 is 15.0 Å². The lowest BCUT2D eigenvalue weighted by Gasteiger charge is -2.07. The standard InChI is InChI=1S/C12H11ClN4O4/c13-8-1-2-9(11(5-8)17(20)21)14-3-4-16-6-10(12(18)19)15-7-16/h1-2,5-7,14H,3-4H2,(H,18,19). The van der Waals surface area contributed by atoms with Gasteiger partial charge in [0, 0.05) is 30.4 Å². The van der Waals surface area contributed by atoms with E-state index in [9.17, 15) is 14.9 Å². The monoisotopic (exact) mass is 310 g/mol. The highest BCUT2D eigenvalue weighted by molar-refractivity contribution is 6.30. The fraction of sp³-hybridized carbons (Fsp3) is 0.167. The first-order valence-corrected chi connectivity index (χ1v) is 6.28. The lowest BCUT2D eigenvalue weighted by molar-refractivity contribution is -0.383. The fourth-order valence-corrected chi connectivity index (χ4v) is 1.88.